The summed E-state index contributed by atoms with van der Waals surface area (Å²) in [5.41, 5.74) is 2.74. The SMILES string of the molecule is O=C(COC(=O)c1cc(-c2ccc(N3C(=O)C4C5C=CC(C6CC56)C4C3=O)cc2)nc2ccccc12)c1cccs1. The third kappa shape index (κ3) is 3.74. The van der Waals surface area contributed by atoms with Gasteiger partial charge in [-0.3, -0.25) is 19.3 Å². The first-order chi connectivity index (χ1) is 20.0. The Kier molecular flexibility index (Phi) is 5.37. The number of esters is 1. The van der Waals surface area contributed by atoms with Gasteiger partial charge in [-0.05, 0) is 65.8 Å². The van der Waals surface area contributed by atoms with Crippen LogP contribution in [0.25, 0.3) is 22.2 Å². The van der Waals surface area contributed by atoms with Crippen LogP contribution in [0.5, 0.6) is 0 Å². The van der Waals surface area contributed by atoms with Gasteiger partial charge in [-0.2, -0.15) is 0 Å². The fourth-order valence-corrected chi connectivity index (χ4v) is 7.85. The number of aromatic nitrogens is 1. The molecular formula is C33H24N2O5S. The van der Waals surface area contributed by atoms with E-state index in [1.54, 1.807) is 41.8 Å². The first-order valence-corrected chi connectivity index (χ1v) is 14.7. The number of imide groups is 1. The van der Waals surface area contributed by atoms with Gasteiger partial charge in [0.05, 0.1) is 39.2 Å². The Labute approximate surface area is 239 Å². The van der Waals surface area contributed by atoms with E-state index in [-0.39, 0.29) is 47.9 Å². The average Bonchev–Trinajstić information content (AvgIpc) is 3.57. The predicted octanol–water partition coefficient (Wildman–Crippen LogP) is 5.56. The van der Waals surface area contributed by atoms with Crippen molar-refractivity contribution in [1.82, 2.24) is 4.98 Å². The van der Waals surface area contributed by atoms with Gasteiger partial charge in [-0.25, -0.2) is 9.78 Å². The summed E-state index contributed by atoms with van der Waals surface area (Å²) in [6.45, 7) is -0.349. The molecule has 202 valence electrons. The summed E-state index contributed by atoms with van der Waals surface area (Å²) in [6, 6.07) is 19.6. The summed E-state index contributed by atoms with van der Waals surface area (Å²) >= 11 is 1.30. The van der Waals surface area contributed by atoms with Gasteiger partial charge in [0.2, 0.25) is 17.6 Å². The molecular weight excluding hydrogens is 536 g/mol. The number of carbonyl (C=O) groups excluding carboxylic acids is 4. The van der Waals surface area contributed by atoms with E-state index >= 15 is 0 Å². The Morgan fingerprint density at radius 1 is 0.902 bits per heavy atom. The maximum atomic E-state index is 13.5. The minimum atomic E-state index is -0.608. The highest BCUT2D eigenvalue weighted by molar-refractivity contribution is 7.12. The van der Waals surface area contributed by atoms with Gasteiger partial charge >= 0.3 is 5.97 Å². The lowest BCUT2D eigenvalue weighted by Gasteiger charge is -2.37. The Bertz CT molecular complexity index is 1760. The second-order valence-electron chi connectivity index (χ2n) is 11.3. The van der Waals surface area contributed by atoms with Gasteiger partial charge in [0, 0.05) is 10.9 Å². The standard InChI is InChI=1S/C33H24N2O5S/c36-27(28-6-3-13-41-28)16-40-33(39)24-15-26(34-25-5-2-1-4-19(24)25)17-7-9-18(10-8-17)35-31(37)29-20-11-12-21(23-14-22(20)23)30(29)32(35)38/h1-13,15,20-23,29-30H,14,16H2. The van der Waals surface area contributed by atoms with Crippen LogP contribution in [0.1, 0.15) is 26.5 Å². The van der Waals surface area contributed by atoms with E-state index in [0.29, 0.717) is 44.6 Å². The van der Waals surface area contributed by atoms with E-state index < -0.39 is 5.97 Å². The number of ether oxygens (including phenoxy) is 1. The van der Waals surface area contributed by atoms with Crippen LogP contribution in [0.2, 0.25) is 0 Å². The molecule has 9 rings (SSSR count). The van der Waals surface area contributed by atoms with Crippen LogP contribution in [0.15, 0.2) is 84.3 Å². The van der Waals surface area contributed by atoms with Gasteiger partial charge in [0.15, 0.2) is 6.61 Å². The Morgan fingerprint density at radius 3 is 2.29 bits per heavy atom. The summed E-state index contributed by atoms with van der Waals surface area (Å²) in [7, 11) is 0. The first kappa shape index (κ1) is 24.4. The molecule has 3 fully saturated rings. The molecule has 6 atom stereocenters. The summed E-state index contributed by atoms with van der Waals surface area (Å²) in [6.07, 6.45) is 5.47. The molecule has 4 aromatic rings. The molecule has 2 saturated carbocycles. The second-order valence-corrected chi connectivity index (χ2v) is 12.2. The normalized spacial score (nSPS) is 27.2. The van der Waals surface area contributed by atoms with E-state index in [0.717, 1.165) is 12.0 Å². The number of benzene rings is 2. The van der Waals surface area contributed by atoms with Crippen LogP contribution in [0.4, 0.5) is 5.69 Å². The third-order valence-electron chi connectivity index (χ3n) is 9.15. The molecule has 2 amide bonds. The molecule has 41 heavy (non-hydrogen) atoms. The zero-order valence-electron chi connectivity index (χ0n) is 21.8. The van der Waals surface area contributed by atoms with Crippen LogP contribution in [-0.4, -0.2) is 35.2 Å². The summed E-state index contributed by atoms with van der Waals surface area (Å²) < 4.78 is 5.41. The fourth-order valence-electron chi connectivity index (χ4n) is 7.20. The molecule has 2 aromatic heterocycles. The predicted molar refractivity (Wildman–Crippen MR) is 153 cm³/mol. The van der Waals surface area contributed by atoms with Crippen molar-refractivity contribution in [2.75, 3.05) is 11.5 Å². The van der Waals surface area contributed by atoms with E-state index in [9.17, 15) is 19.2 Å². The zero-order valence-corrected chi connectivity index (χ0v) is 22.6. The molecule has 5 aliphatic rings. The van der Waals surface area contributed by atoms with Crippen LogP contribution >= 0.6 is 11.3 Å². The van der Waals surface area contributed by atoms with Crippen molar-refractivity contribution in [3.05, 3.63) is 94.7 Å². The van der Waals surface area contributed by atoms with E-state index in [4.69, 9.17) is 9.72 Å². The summed E-state index contributed by atoms with van der Waals surface area (Å²) in [4.78, 5) is 59.2. The number of amides is 2. The molecule has 0 spiro atoms. The van der Waals surface area contributed by atoms with Gasteiger partial charge in [-0.1, -0.05) is 48.6 Å². The quantitative estimate of drug-likeness (QED) is 0.133. The van der Waals surface area contributed by atoms with Crippen LogP contribution in [-0.2, 0) is 14.3 Å². The minimum absolute atomic E-state index is 0.0941. The molecule has 3 heterocycles. The molecule has 1 saturated heterocycles. The molecule has 0 radical (unpaired) electrons. The van der Waals surface area contributed by atoms with E-state index in [1.165, 1.54) is 16.2 Å². The Morgan fingerprint density at radius 2 is 1.61 bits per heavy atom. The molecule has 2 aromatic carbocycles. The highest BCUT2D eigenvalue weighted by Crippen LogP contribution is 2.65. The van der Waals surface area contributed by atoms with Gasteiger partial charge < -0.3 is 4.74 Å². The lowest BCUT2D eigenvalue weighted by Crippen LogP contribution is -2.40. The Hall–Kier alpha value is -4.43. The number of nitrogens with zero attached hydrogens (tertiary/aromatic N) is 2. The molecule has 1 aliphatic heterocycles. The number of anilines is 1. The van der Waals surface area contributed by atoms with Gasteiger partial charge in [0.1, 0.15) is 0 Å². The van der Waals surface area contributed by atoms with Crippen molar-refractivity contribution in [3.63, 3.8) is 0 Å². The average molecular weight is 561 g/mol. The smallest absolute Gasteiger partial charge is 0.339 e. The maximum Gasteiger partial charge on any atom is 0.339 e. The van der Waals surface area contributed by atoms with Crippen molar-refractivity contribution in [2.24, 2.45) is 35.5 Å². The molecule has 0 N–H and O–H groups in total. The maximum absolute atomic E-state index is 13.5. The highest BCUT2D eigenvalue weighted by atomic mass is 32.1. The molecule has 2 bridgehead atoms. The molecule has 4 aliphatic carbocycles. The third-order valence-corrected chi connectivity index (χ3v) is 10.1. The van der Waals surface area contributed by atoms with E-state index in [1.807, 2.05) is 30.3 Å². The Balaban J connectivity index is 1.07. The van der Waals surface area contributed by atoms with Crippen LogP contribution in [0.3, 0.4) is 0 Å². The lowest BCUT2D eigenvalue weighted by atomic mass is 9.63. The summed E-state index contributed by atoms with van der Waals surface area (Å²) in [5.74, 6) is -0.0816. The number of rotatable bonds is 6. The zero-order chi connectivity index (χ0) is 27.8. The van der Waals surface area contributed by atoms with Crippen molar-refractivity contribution < 1.29 is 23.9 Å². The monoisotopic (exact) mass is 560 g/mol. The van der Waals surface area contributed by atoms with Crippen molar-refractivity contribution >= 4 is 51.5 Å². The number of carbonyl (C=O) groups is 4. The lowest BCUT2D eigenvalue weighted by molar-refractivity contribution is -0.124. The number of fused-ring (bicyclic) bond motifs is 1. The largest absolute Gasteiger partial charge is 0.454 e. The molecule has 8 heteroatoms. The number of ketones is 1. The molecule has 6 unspecified atom stereocenters. The number of hydrogen-bond acceptors (Lipinski definition) is 7. The second kappa shape index (κ2) is 9.04. The highest BCUT2D eigenvalue weighted by Gasteiger charge is 2.67. The minimum Gasteiger partial charge on any atom is -0.454 e. The van der Waals surface area contributed by atoms with Crippen molar-refractivity contribution in [3.8, 4) is 11.3 Å². The van der Waals surface area contributed by atoms with Crippen molar-refractivity contribution in [1.29, 1.82) is 0 Å². The number of Topliss-reactive ketones (excluding diaryl/α,β-unsaturated/α-hetero) is 1. The fraction of sp³-hybridized carbons (Fsp3) is 0.242. The number of pyridine rings is 1. The number of hydrogen-bond donors (Lipinski definition) is 0. The number of para-hydroxylation sites is 1. The van der Waals surface area contributed by atoms with Crippen LogP contribution in [0, 0.1) is 35.5 Å². The first-order valence-electron chi connectivity index (χ1n) is 13.8. The van der Waals surface area contributed by atoms with Crippen molar-refractivity contribution in [2.45, 2.75) is 6.42 Å². The van der Waals surface area contributed by atoms with Gasteiger partial charge in [-0.15, -0.1) is 11.3 Å². The number of allylic oxidation sites excluding steroid dienone is 2. The van der Waals surface area contributed by atoms with Crippen LogP contribution < -0.4 is 4.90 Å². The molecule has 7 nitrogen and oxygen atoms in total. The van der Waals surface area contributed by atoms with E-state index in [2.05, 4.69) is 12.2 Å². The number of thiophene rings is 1. The summed E-state index contributed by atoms with van der Waals surface area (Å²) in [5, 5.41) is 2.42. The topological polar surface area (TPSA) is 93.6 Å². The van der Waals surface area contributed by atoms with Gasteiger partial charge in [0.25, 0.3) is 0 Å².